The van der Waals surface area contributed by atoms with Crippen molar-refractivity contribution in [1.82, 2.24) is 0 Å². The molecule has 0 amide bonds. The zero-order chi connectivity index (χ0) is 15.5. The lowest BCUT2D eigenvalue weighted by Gasteiger charge is -2.30. The number of nitrogens with zero attached hydrogens (tertiary/aromatic N) is 1. The van der Waals surface area contributed by atoms with E-state index < -0.39 is 10.1 Å². The zero-order valence-electron chi connectivity index (χ0n) is 13.6. The first-order chi connectivity index (χ1) is 9.27. The average Bonchev–Trinajstić information content (AvgIpc) is 2.28. The Morgan fingerprint density at radius 3 is 1.60 bits per heavy atom. The summed E-state index contributed by atoms with van der Waals surface area (Å²) in [7, 11) is -0.505. The molecule has 0 bridgehead atoms. The van der Waals surface area contributed by atoms with Crippen molar-refractivity contribution in [2.45, 2.75) is 71.1 Å². The van der Waals surface area contributed by atoms with Crippen LogP contribution >= 0.6 is 0 Å². The molecule has 0 fully saturated rings. The van der Waals surface area contributed by atoms with Gasteiger partial charge in [0.25, 0.3) is 0 Å². The SMILES string of the molecule is CCCCCCCCCCCC[N+](C)(C)CS(=O)(=O)[O-]. The molecule has 0 N–H and O–H groups in total. The van der Waals surface area contributed by atoms with Gasteiger partial charge < -0.3 is 9.04 Å². The molecule has 20 heavy (non-hydrogen) atoms. The Kier molecular flexibility index (Phi) is 10.5. The van der Waals surface area contributed by atoms with Crippen LogP contribution < -0.4 is 0 Å². The van der Waals surface area contributed by atoms with Crippen LogP contribution in [0.15, 0.2) is 0 Å². The summed E-state index contributed by atoms with van der Waals surface area (Å²) >= 11 is 0. The van der Waals surface area contributed by atoms with E-state index in [-0.39, 0.29) is 10.4 Å². The van der Waals surface area contributed by atoms with Crippen LogP contribution in [0.5, 0.6) is 0 Å². The Morgan fingerprint density at radius 2 is 1.20 bits per heavy atom. The second kappa shape index (κ2) is 10.6. The standard InChI is InChI=1S/C15H33NO3S/c1-4-5-6-7-8-9-10-11-12-13-14-16(2,3)15-20(17,18)19/h4-15H2,1-3H3. The van der Waals surface area contributed by atoms with Crippen molar-refractivity contribution in [2.75, 3.05) is 26.5 Å². The van der Waals surface area contributed by atoms with Gasteiger partial charge in [-0.15, -0.1) is 0 Å². The Balaban J connectivity index is 3.43. The van der Waals surface area contributed by atoms with Crippen LogP contribution in [0.2, 0.25) is 0 Å². The molecule has 0 aliphatic carbocycles. The molecule has 0 saturated heterocycles. The minimum absolute atomic E-state index is 0.281. The van der Waals surface area contributed by atoms with Crippen molar-refractivity contribution >= 4 is 10.1 Å². The van der Waals surface area contributed by atoms with E-state index in [0.717, 1.165) is 19.4 Å². The van der Waals surface area contributed by atoms with E-state index in [1.807, 2.05) is 14.1 Å². The molecule has 0 aliphatic heterocycles. The lowest BCUT2D eigenvalue weighted by molar-refractivity contribution is -0.879. The molecule has 5 heteroatoms. The Morgan fingerprint density at radius 1 is 0.800 bits per heavy atom. The normalized spacial score (nSPS) is 12.8. The Hall–Kier alpha value is -0.130. The molecule has 0 unspecified atom stereocenters. The summed E-state index contributed by atoms with van der Waals surface area (Å²) < 4.78 is 32.6. The van der Waals surface area contributed by atoms with Crippen LogP contribution in [0, 0.1) is 0 Å². The summed E-state index contributed by atoms with van der Waals surface area (Å²) in [6.07, 6.45) is 12.7. The molecular weight excluding hydrogens is 274 g/mol. The molecule has 0 aromatic carbocycles. The largest absolute Gasteiger partial charge is 0.744 e. The van der Waals surface area contributed by atoms with Crippen molar-refractivity contribution in [3.63, 3.8) is 0 Å². The highest BCUT2D eigenvalue weighted by molar-refractivity contribution is 7.85. The van der Waals surface area contributed by atoms with Crippen molar-refractivity contribution < 1.29 is 17.5 Å². The zero-order valence-corrected chi connectivity index (χ0v) is 14.4. The van der Waals surface area contributed by atoms with Gasteiger partial charge in [0.2, 0.25) is 0 Å². The molecule has 122 valence electrons. The van der Waals surface area contributed by atoms with Crippen molar-refractivity contribution in [1.29, 1.82) is 0 Å². The fraction of sp³-hybridized carbons (Fsp3) is 1.00. The van der Waals surface area contributed by atoms with Crippen molar-refractivity contribution in [3.8, 4) is 0 Å². The topological polar surface area (TPSA) is 57.2 Å². The highest BCUT2D eigenvalue weighted by atomic mass is 32.2. The summed E-state index contributed by atoms with van der Waals surface area (Å²) in [6.45, 7) is 3.00. The summed E-state index contributed by atoms with van der Waals surface area (Å²) in [4.78, 5) is 0. The third-order valence-corrected chi connectivity index (χ3v) is 4.64. The maximum Gasteiger partial charge on any atom is 0.168 e. The minimum Gasteiger partial charge on any atom is -0.744 e. The summed E-state index contributed by atoms with van der Waals surface area (Å²) in [5, 5.41) is 0. The monoisotopic (exact) mass is 307 g/mol. The maximum atomic E-state index is 10.8. The minimum atomic E-state index is -4.12. The van der Waals surface area contributed by atoms with Gasteiger partial charge in [-0.05, 0) is 12.8 Å². The van der Waals surface area contributed by atoms with Gasteiger partial charge in [0, 0.05) is 0 Å². The average molecular weight is 308 g/mol. The second-order valence-corrected chi connectivity index (χ2v) is 7.90. The van der Waals surface area contributed by atoms with E-state index in [1.54, 1.807) is 0 Å². The van der Waals surface area contributed by atoms with Gasteiger partial charge in [-0.3, -0.25) is 0 Å². The van der Waals surface area contributed by atoms with E-state index in [2.05, 4.69) is 6.92 Å². The number of hydrogen-bond acceptors (Lipinski definition) is 3. The number of unbranched alkanes of at least 4 members (excludes halogenated alkanes) is 9. The molecule has 0 aromatic rings. The van der Waals surface area contributed by atoms with Crippen LogP contribution in [0.1, 0.15) is 71.1 Å². The molecule has 0 spiro atoms. The molecule has 0 aromatic heterocycles. The van der Waals surface area contributed by atoms with Crippen LogP contribution in [-0.2, 0) is 10.1 Å². The Labute approximate surface area is 125 Å². The maximum absolute atomic E-state index is 10.8. The summed E-state index contributed by atoms with van der Waals surface area (Å²) in [5.41, 5.74) is 0. The third-order valence-electron chi connectivity index (χ3n) is 3.62. The fourth-order valence-corrected chi connectivity index (χ4v) is 3.51. The van der Waals surface area contributed by atoms with Crippen LogP contribution in [0.25, 0.3) is 0 Å². The highest BCUT2D eigenvalue weighted by Gasteiger charge is 2.17. The first-order valence-corrected chi connectivity index (χ1v) is 9.60. The lowest BCUT2D eigenvalue weighted by Crippen LogP contribution is -2.44. The van der Waals surface area contributed by atoms with E-state index in [1.165, 1.54) is 51.4 Å². The quantitative estimate of drug-likeness (QED) is 0.297. The van der Waals surface area contributed by atoms with Crippen molar-refractivity contribution in [2.24, 2.45) is 0 Å². The number of hydrogen-bond donors (Lipinski definition) is 0. The van der Waals surface area contributed by atoms with Crippen LogP contribution in [-0.4, -0.2) is 44.0 Å². The van der Waals surface area contributed by atoms with Gasteiger partial charge in [0.1, 0.15) is 10.1 Å². The van der Waals surface area contributed by atoms with Gasteiger partial charge in [-0.1, -0.05) is 58.3 Å². The molecule has 4 nitrogen and oxygen atoms in total. The van der Waals surface area contributed by atoms with Crippen LogP contribution in [0.3, 0.4) is 0 Å². The van der Waals surface area contributed by atoms with Gasteiger partial charge in [0.05, 0.1) is 20.6 Å². The molecule has 0 rings (SSSR count). The first kappa shape index (κ1) is 19.9. The van der Waals surface area contributed by atoms with E-state index in [4.69, 9.17) is 0 Å². The van der Waals surface area contributed by atoms with Gasteiger partial charge >= 0.3 is 0 Å². The molecule has 0 saturated carbocycles. The fourth-order valence-electron chi connectivity index (χ4n) is 2.52. The Bertz CT molecular complexity index is 326. The lowest BCUT2D eigenvalue weighted by atomic mass is 10.1. The molecule has 0 radical (unpaired) electrons. The highest BCUT2D eigenvalue weighted by Crippen LogP contribution is 2.12. The van der Waals surface area contributed by atoms with E-state index in [9.17, 15) is 13.0 Å². The summed E-state index contributed by atoms with van der Waals surface area (Å²) in [6, 6.07) is 0. The molecular formula is C15H33NO3S. The third kappa shape index (κ3) is 14.3. The predicted octanol–water partition coefficient (Wildman–Crippen LogP) is 3.49. The van der Waals surface area contributed by atoms with Gasteiger partial charge in [-0.2, -0.15) is 0 Å². The van der Waals surface area contributed by atoms with E-state index >= 15 is 0 Å². The number of rotatable bonds is 13. The van der Waals surface area contributed by atoms with Crippen molar-refractivity contribution in [3.05, 3.63) is 0 Å². The van der Waals surface area contributed by atoms with Gasteiger partial charge in [-0.25, -0.2) is 8.42 Å². The smallest absolute Gasteiger partial charge is 0.168 e. The van der Waals surface area contributed by atoms with Gasteiger partial charge in [0.15, 0.2) is 5.88 Å². The summed E-state index contributed by atoms with van der Waals surface area (Å²) in [5.74, 6) is -0.301. The predicted molar refractivity (Wildman–Crippen MR) is 83.4 cm³/mol. The molecule has 0 heterocycles. The van der Waals surface area contributed by atoms with Crippen LogP contribution in [0.4, 0.5) is 0 Å². The van der Waals surface area contributed by atoms with E-state index in [0.29, 0.717) is 0 Å². The molecule has 0 atom stereocenters. The first-order valence-electron chi connectivity index (χ1n) is 8.02. The molecule has 0 aliphatic rings. The number of quaternary nitrogens is 1. The second-order valence-electron chi connectivity index (χ2n) is 6.53.